The minimum Gasteiger partial charge on any atom is -0.353 e. The average molecular weight is 332 g/mol. The Labute approximate surface area is 133 Å². The molecule has 1 heterocycles. The summed E-state index contributed by atoms with van der Waals surface area (Å²) in [7, 11) is 0. The molecule has 0 aromatic rings. The van der Waals surface area contributed by atoms with Crippen molar-refractivity contribution in [2.75, 3.05) is 6.54 Å². The molecule has 2 N–H and O–H groups in total. The summed E-state index contributed by atoms with van der Waals surface area (Å²) in [6.07, 6.45) is -0.764. The maximum Gasteiger partial charge on any atom is 0.392 e. The minimum absolute atomic E-state index is 0.0772. The van der Waals surface area contributed by atoms with E-state index < -0.39 is 35.4 Å². The maximum atomic E-state index is 13.4. The van der Waals surface area contributed by atoms with E-state index in [0.29, 0.717) is 38.5 Å². The largest absolute Gasteiger partial charge is 0.392 e. The van der Waals surface area contributed by atoms with Crippen LogP contribution < -0.4 is 10.6 Å². The number of hydrogen-bond acceptors (Lipinski definition) is 2. The Hall–Kier alpha value is -1.27. The number of fused-ring (bicyclic) bond motifs is 3. The van der Waals surface area contributed by atoms with Gasteiger partial charge in [0.05, 0.1) is 17.4 Å². The zero-order valence-electron chi connectivity index (χ0n) is 13.2. The third kappa shape index (κ3) is 3.19. The first-order chi connectivity index (χ1) is 10.7. The van der Waals surface area contributed by atoms with E-state index in [1.807, 2.05) is 6.92 Å². The number of rotatable bonds is 3. The summed E-state index contributed by atoms with van der Waals surface area (Å²) in [5.74, 6) is -3.64. The predicted octanol–water partition coefficient (Wildman–Crippen LogP) is 2.39. The van der Waals surface area contributed by atoms with Gasteiger partial charge in [0, 0.05) is 13.0 Å². The highest BCUT2D eigenvalue weighted by molar-refractivity contribution is 5.81. The van der Waals surface area contributed by atoms with Gasteiger partial charge in [-0.05, 0) is 50.9 Å². The Bertz CT molecular complexity index is 500. The van der Waals surface area contributed by atoms with Crippen LogP contribution in [-0.4, -0.2) is 30.1 Å². The lowest BCUT2D eigenvalue weighted by atomic mass is 9.58. The lowest BCUT2D eigenvalue weighted by Gasteiger charge is -2.48. The van der Waals surface area contributed by atoms with Crippen molar-refractivity contribution in [3.63, 3.8) is 0 Å². The van der Waals surface area contributed by atoms with Crippen molar-refractivity contribution >= 4 is 11.8 Å². The van der Waals surface area contributed by atoms with Crippen molar-refractivity contribution in [1.82, 2.24) is 10.6 Å². The number of nitrogens with one attached hydrogen (secondary N) is 2. The Kier molecular flexibility index (Phi) is 4.09. The topological polar surface area (TPSA) is 58.2 Å². The molecule has 3 atom stereocenters. The first kappa shape index (κ1) is 16.6. The van der Waals surface area contributed by atoms with Crippen LogP contribution in [0, 0.1) is 23.7 Å². The summed E-state index contributed by atoms with van der Waals surface area (Å²) in [6.45, 7) is 2.00. The van der Waals surface area contributed by atoms with Gasteiger partial charge in [-0.1, -0.05) is 0 Å². The van der Waals surface area contributed by atoms with Crippen LogP contribution in [0.1, 0.15) is 45.4 Å². The van der Waals surface area contributed by atoms with E-state index in [1.165, 1.54) is 0 Å². The van der Waals surface area contributed by atoms with Crippen molar-refractivity contribution in [2.24, 2.45) is 23.7 Å². The summed E-state index contributed by atoms with van der Waals surface area (Å²) >= 11 is 0. The van der Waals surface area contributed by atoms with Crippen LogP contribution >= 0.6 is 0 Å². The molecule has 3 aliphatic carbocycles. The highest BCUT2D eigenvalue weighted by Crippen LogP contribution is 2.54. The van der Waals surface area contributed by atoms with Crippen LogP contribution in [0.3, 0.4) is 0 Å². The molecule has 4 aliphatic rings. The molecular weight excluding hydrogens is 309 g/mol. The Balaban J connectivity index is 1.68. The van der Waals surface area contributed by atoms with Crippen molar-refractivity contribution in [2.45, 2.75) is 57.2 Å². The van der Waals surface area contributed by atoms with Gasteiger partial charge >= 0.3 is 6.18 Å². The average Bonchev–Trinajstić information content (AvgIpc) is 2.84. The summed E-state index contributed by atoms with van der Waals surface area (Å²) in [6, 6.07) is 0. The second-order valence-corrected chi connectivity index (χ2v) is 7.59. The standard InChI is InChI=1S/C16H23F3N2O2/c1-15(7-6-11(22)21-15)8-20-14(23)12-9-2-4-10(5-3-9)13(12)16(17,18)19/h9-10,12-13H,2-8H2,1H3,(H,20,23)(H,21,22)/t9?,10?,12-,13-,15?/m0/s1. The molecule has 2 amide bonds. The second kappa shape index (κ2) is 5.67. The molecule has 130 valence electrons. The van der Waals surface area contributed by atoms with Gasteiger partial charge in [-0.25, -0.2) is 0 Å². The van der Waals surface area contributed by atoms with E-state index in [4.69, 9.17) is 0 Å². The van der Waals surface area contributed by atoms with Gasteiger partial charge in [0.15, 0.2) is 0 Å². The van der Waals surface area contributed by atoms with E-state index in [-0.39, 0.29) is 18.4 Å². The third-order valence-electron chi connectivity index (χ3n) is 5.90. The summed E-state index contributed by atoms with van der Waals surface area (Å²) in [5, 5.41) is 5.48. The molecule has 23 heavy (non-hydrogen) atoms. The van der Waals surface area contributed by atoms with Crippen LogP contribution in [0.4, 0.5) is 13.2 Å². The molecule has 4 rings (SSSR count). The number of halogens is 3. The second-order valence-electron chi connectivity index (χ2n) is 7.59. The van der Waals surface area contributed by atoms with Crippen LogP contribution in [0.25, 0.3) is 0 Å². The molecule has 1 unspecified atom stereocenters. The van der Waals surface area contributed by atoms with Gasteiger partial charge in [-0.2, -0.15) is 13.2 Å². The van der Waals surface area contributed by atoms with Gasteiger partial charge in [-0.3, -0.25) is 9.59 Å². The van der Waals surface area contributed by atoms with Crippen LogP contribution in [-0.2, 0) is 9.59 Å². The molecule has 4 nitrogen and oxygen atoms in total. The summed E-state index contributed by atoms with van der Waals surface area (Å²) in [4.78, 5) is 23.8. The quantitative estimate of drug-likeness (QED) is 0.834. The molecule has 0 aromatic heterocycles. The van der Waals surface area contributed by atoms with E-state index in [0.717, 1.165) is 0 Å². The SMILES string of the molecule is CC1(CNC(=O)[C@H]2C3CCC(CC3)[C@@H]2C(F)(F)F)CCC(=O)N1. The number of carbonyl (C=O) groups is 2. The van der Waals surface area contributed by atoms with Gasteiger partial charge in [0.2, 0.25) is 11.8 Å². The van der Waals surface area contributed by atoms with E-state index in [9.17, 15) is 22.8 Å². The first-order valence-corrected chi connectivity index (χ1v) is 8.35. The fourth-order valence-corrected chi connectivity index (χ4v) is 4.68. The molecule has 4 fully saturated rings. The number of hydrogen-bond donors (Lipinski definition) is 2. The van der Waals surface area contributed by atoms with Gasteiger partial charge < -0.3 is 10.6 Å². The van der Waals surface area contributed by atoms with Gasteiger partial charge in [0.1, 0.15) is 0 Å². The lowest BCUT2D eigenvalue weighted by molar-refractivity contribution is -0.229. The molecule has 0 aromatic carbocycles. The van der Waals surface area contributed by atoms with E-state index in [1.54, 1.807) is 0 Å². The normalized spacial score (nSPS) is 40.1. The van der Waals surface area contributed by atoms with Crippen LogP contribution in [0.15, 0.2) is 0 Å². The van der Waals surface area contributed by atoms with Gasteiger partial charge in [0.25, 0.3) is 0 Å². The van der Waals surface area contributed by atoms with Crippen molar-refractivity contribution < 1.29 is 22.8 Å². The highest BCUT2D eigenvalue weighted by Gasteiger charge is 2.58. The molecule has 0 spiro atoms. The Morgan fingerprint density at radius 1 is 1.26 bits per heavy atom. The van der Waals surface area contributed by atoms with E-state index >= 15 is 0 Å². The molecule has 2 bridgehead atoms. The van der Waals surface area contributed by atoms with Crippen molar-refractivity contribution in [3.8, 4) is 0 Å². The number of alkyl halides is 3. The zero-order valence-corrected chi connectivity index (χ0v) is 13.2. The minimum atomic E-state index is -4.32. The molecule has 0 radical (unpaired) electrons. The fraction of sp³-hybridized carbons (Fsp3) is 0.875. The Morgan fingerprint density at radius 3 is 2.39 bits per heavy atom. The monoisotopic (exact) mass is 332 g/mol. The number of carbonyl (C=O) groups excluding carboxylic acids is 2. The van der Waals surface area contributed by atoms with E-state index in [2.05, 4.69) is 10.6 Å². The molecule has 1 saturated heterocycles. The predicted molar refractivity (Wildman–Crippen MR) is 77.3 cm³/mol. The van der Waals surface area contributed by atoms with Gasteiger partial charge in [-0.15, -0.1) is 0 Å². The fourth-order valence-electron chi connectivity index (χ4n) is 4.68. The van der Waals surface area contributed by atoms with Crippen LogP contribution in [0.5, 0.6) is 0 Å². The first-order valence-electron chi connectivity index (χ1n) is 8.35. The Morgan fingerprint density at radius 2 is 1.87 bits per heavy atom. The molecule has 7 heteroatoms. The summed E-state index contributed by atoms with van der Waals surface area (Å²) < 4.78 is 40.3. The maximum absolute atomic E-state index is 13.4. The van der Waals surface area contributed by atoms with Crippen LogP contribution in [0.2, 0.25) is 0 Å². The molecule has 1 aliphatic heterocycles. The lowest BCUT2D eigenvalue weighted by Crippen LogP contribution is -2.56. The van der Waals surface area contributed by atoms with Crippen molar-refractivity contribution in [1.29, 1.82) is 0 Å². The highest BCUT2D eigenvalue weighted by atomic mass is 19.4. The number of amides is 2. The third-order valence-corrected chi connectivity index (χ3v) is 5.90. The summed E-state index contributed by atoms with van der Waals surface area (Å²) in [5.41, 5.74) is -0.547. The zero-order chi connectivity index (χ0) is 16.8. The molecular formula is C16H23F3N2O2. The molecule has 3 saturated carbocycles. The smallest absolute Gasteiger partial charge is 0.353 e. The van der Waals surface area contributed by atoms with Crippen molar-refractivity contribution in [3.05, 3.63) is 0 Å².